The number of nitrogens with one attached hydrogen (secondary N) is 1. The number of rotatable bonds is 4. The van der Waals surface area contributed by atoms with Gasteiger partial charge in [0.15, 0.2) is 0 Å². The highest BCUT2D eigenvalue weighted by Crippen LogP contribution is 2.37. The number of fused-ring (bicyclic) bond motifs is 2. The molecule has 3 aromatic heterocycles. The Kier molecular flexibility index (Phi) is 5.69. The normalized spacial score (nSPS) is 15.6. The Hall–Kier alpha value is -3.87. The van der Waals surface area contributed by atoms with Crippen molar-refractivity contribution in [3.63, 3.8) is 0 Å². The smallest absolute Gasteiger partial charge is 0.327 e. The van der Waals surface area contributed by atoms with Crippen molar-refractivity contribution in [2.45, 2.75) is 26.0 Å². The minimum Gasteiger partial charge on any atom is -0.456 e. The molecule has 2 N–H and O–H groups in total. The summed E-state index contributed by atoms with van der Waals surface area (Å²) in [6, 6.07) is 10.6. The fourth-order valence-electron chi connectivity index (χ4n) is 4.23. The lowest BCUT2D eigenvalue weighted by molar-refractivity contribution is 0.0297. The molecule has 0 radical (unpaired) electrons. The molecule has 0 bridgehead atoms. The van der Waals surface area contributed by atoms with Crippen LogP contribution in [0.3, 0.4) is 0 Å². The first-order valence-corrected chi connectivity index (χ1v) is 11.7. The van der Waals surface area contributed by atoms with Crippen molar-refractivity contribution < 1.29 is 19.4 Å². The zero-order valence-corrected chi connectivity index (χ0v) is 19.3. The Balaban J connectivity index is 1.44. The number of hydrogen-bond acceptors (Lipinski definition) is 6. The fraction of sp³-hybridized carbons (Fsp3) is 0.240. The molecule has 1 aliphatic rings. The molecule has 1 atom stereocenters. The number of aromatic nitrogens is 2. The summed E-state index contributed by atoms with van der Waals surface area (Å²) in [5.41, 5.74) is 2.18. The molecular formula is C25H22N4O4S. The average molecular weight is 475 g/mol. The lowest BCUT2D eigenvalue weighted by Gasteiger charge is -2.18. The van der Waals surface area contributed by atoms with Gasteiger partial charge in [0.05, 0.1) is 27.2 Å². The highest BCUT2D eigenvalue weighted by Gasteiger charge is 2.29. The molecule has 1 aliphatic heterocycles. The summed E-state index contributed by atoms with van der Waals surface area (Å²) in [5, 5.41) is 13.6. The van der Waals surface area contributed by atoms with Crippen LogP contribution in [0.4, 0.5) is 4.79 Å². The number of amides is 2. The van der Waals surface area contributed by atoms with Crippen LogP contribution in [-0.2, 0) is 0 Å². The third-order valence-corrected chi connectivity index (χ3v) is 6.92. The second-order valence-electron chi connectivity index (χ2n) is 8.06. The number of aliphatic hydroxyl groups is 1. The number of pyridine rings is 1. The highest BCUT2D eigenvalue weighted by atomic mass is 32.1. The zero-order valence-electron chi connectivity index (χ0n) is 18.4. The quantitative estimate of drug-likeness (QED) is 0.434. The van der Waals surface area contributed by atoms with Crippen LogP contribution >= 0.6 is 11.3 Å². The standard InChI is InChI=1S/C25H22N4O4S/c1-3-9-27-25(32)29-15(2)12-16-13-17(6-7-19(16)29)33-20-8-10-26-18-14-21(34-23(18)20)24(31)28-11-4-5-22(28)30/h1,6-8,10,12-14,22,30H,4-5,9,11H2,2H3,(H,27,32). The topological polar surface area (TPSA) is 96.7 Å². The highest BCUT2D eigenvalue weighted by molar-refractivity contribution is 7.21. The maximum atomic E-state index is 12.9. The van der Waals surface area contributed by atoms with Crippen molar-refractivity contribution in [2.75, 3.05) is 13.1 Å². The molecule has 4 aromatic rings. The number of terminal acetylenes is 1. The van der Waals surface area contributed by atoms with E-state index in [1.165, 1.54) is 16.2 Å². The molecule has 4 heterocycles. The maximum absolute atomic E-state index is 12.9. The number of nitrogens with zero attached hydrogens (tertiary/aromatic N) is 3. The summed E-state index contributed by atoms with van der Waals surface area (Å²) in [6.45, 7) is 2.55. The first-order valence-electron chi connectivity index (χ1n) is 10.9. The van der Waals surface area contributed by atoms with Crippen LogP contribution in [0.15, 0.2) is 42.6 Å². The van der Waals surface area contributed by atoms with Crippen LogP contribution in [0, 0.1) is 19.3 Å². The van der Waals surface area contributed by atoms with Crippen molar-refractivity contribution in [2.24, 2.45) is 0 Å². The second kappa shape index (κ2) is 8.82. The third kappa shape index (κ3) is 3.87. The third-order valence-electron chi connectivity index (χ3n) is 5.80. The van der Waals surface area contributed by atoms with E-state index in [4.69, 9.17) is 11.2 Å². The second-order valence-corrected chi connectivity index (χ2v) is 9.11. The molecule has 0 spiro atoms. The van der Waals surface area contributed by atoms with Gasteiger partial charge in [0.25, 0.3) is 5.91 Å². The van der Waals surface area contributed by atoms with Crippen molar-refractivity contribution in [1.29, 1.82) is 0 Å². The van der Waals surface area contributed by atoms with E-state index in [0.717, 1.165) is 27.7 Å². The van der Waals surface area contributed by atoms with Crippen molar-refractivity contribution >= 4 is 44.4 Å². The molecule has 8 nitrogen and oxygen atoms in total. The summed E-state index contributed by atoms with van der Waals surface area (Å²) in [7, 11) is 0. The van der Waals surface area contributed by atoms with Crippen LogP contribution < -0.4 is 10.1 Å². The molecular weight excluding hydrogens is 452 g/mol. The lowest BCUT2D eigenvalue weighted by atomic mass is 10.2. The molecule has 2 amide bonds. The Morgan fingerprint density at radius 1 is 1.32 bits per heavy atom. The molecule has 0 aliphatic carbocycles. The number of aliphatic hydroxyl groups excluding tert-OH is 1. The van der Waals surface area contributed by atoms with Crippen LogP contribution in [0.5, 0.6) is 11.5 Å². The molecule has 0 saturated carbocycles. The van der Waals surface area contributed by atoms with Gasteiger partial charge in [-0.25, -0.2) is 4.79 Å². The number of carbonyl (C=O) groups excluding carboxylic acids is 2. The molecule has 9 heteroatoms. The van der Waals surface area contributed by atoms with Gasteiger partial charge in [0.1, 0.15) is 17.7 Å². The van der Waals surface area contributed by atoms with E-state index in [2.05, 4.69) is 16.2 Å². The largest absolute Gasteiger partial charge is 0.456 e. The van der Waals surface area contributed by atoms with Crippen LogP contribution in [0.2, 0.25) is 0 Å². The maximum Gasteiger partial charge on any atom is 0.327 e. The van der Waals surface area contributed by atoms with Gasteiger partial charge < -0.3 is 20.1 Å². The molecule has 172 valence electrons. The molecule has 1 fully saturated rings. The monoisotopic (exact) mass is 474 g/mol. The molecule has 34 heavy (non-hydrogen) atoms. The molecule has 1 saturated heterocycles. The number of thiophene rings is 1. The average Bonchev–Trinajstić information content (AvgIpc) is 3.53. The van der Waals surface area contributed by atoms with E-state index < -0.39 is 6.23 Å². The first-order chi connectivity index (χ1) is 16.5. The first kappa shape index (κ1) is 21.9. The summed E-state index contributed by atoms with van der Waals surface area (Å²) < 4.78 is 8.50. The van der Waals surface area contributed by atoms with Crippen LogP contribution in [0.25, 0.3) is 21.1 Å². The van der Waals surface area contributed by atoms with Gasteiger partial charge in [-0.2, -0.15) is 0 Å². The summed E-state index contributed by atoms with van der Waals surface area (Å²) in [6.07, 6.45) is 7.53. The Labute approximate surface area is 199 Å². The van der Waals surface area contributed by atoms with Gasteiger partial charge in [-0.15, -0.1) is 17.8 Å². The summed E-state index contributed by atoms with van der Waals surface area (Å²) in [5.74, 6) is 3.38. The minimum atomic E-state index is -0.738. The van der Waals surface area contributed by atoms with Crippen LogP contribution in [0.1, 0.15) is 28.2 Å². The number of ether oxygens (including phenoxy) is 1. The number of hydrogen-bond donors (Lipinski definition) is 2. The van der Waals surface area contributed by atoms with Gasteiger partial charge in [0, 0.05) is 29.9 Å². The fourth-order valence-corrected chi connectivity index (χ4v) is 5.25. The zero-order chi connectivity index (χ0) is 23.8. The predicted octanol–water partition coefficient (Wildman–Crippen LogP) is 4.10. The Morgan fingerprint density at radius 3 is 2.94 bits per heavy atom. The summed E-state index contributed by atoms with van der Waals surface area (Å²) >= 11 is 1.30. The van der Waals surface area contributed by atoms with Gasteiger partial charge in [0.2, 0.25) is 0 Å². The summed E-state index contributed by atoms with van der Waals surface area (Å²) in [4.78, 5) is 31.7. The number of likely N-dealkylation sites (tertiary alicyclic amines) is 1. The van der Waals surface area contributed by atoms with Crippen LogP contribution in [-0.4, -0.2) is 50.8 Å². The van der Waals surface area contributed by atoms with E-state index in [9.17, 15) is 14.7 Å². The Bertz CT molecular complexity index is 1470. The van der Waals surface area contributed by atoms with E-state index in [0.29, 0.717) is 34.9 Å². The van der Waals surface area contributed by atoms with Gasteiger partial charge in [-0.1, -0.05) is 5.92 Å². The Morgan fingerprint density at radius 2 is 2.18 bits per heavy atom. The van der Waals surface area contributed by atoms with Crippen molar-refractivity contribution in [3.8, 4) is 23.8 Å². The minimum absolute atomic E-state index is 0.152. The van der Waals surface area contributed by atoms with Gasteiger partial charge >= 0.3 is 6.03 Å². The van der Waals surface area contributed by atoms with Gasteiger partial charge in [-0.05, 0) is 50.1 Å². The van der Waals surface area contributed by atoms with E-state index >= 15 is 0 Å². The number of aryl methyl sites for hydroxylation is 1. The van der Waals surface area contributed by atoms with Crippen molar-refractivity contribution in [1.82, 2.24) is 19.8 Å². The van der Waals surface area contributed by atoms with E-state index in [-0.39, 0.29) is 18.5 Å². The molecule has 1 aromatic carbocycles. The number of carbonyl (C=O) groups is 2. The van der Waals surface area contributed by atoms with E-state index in [1.807, 2.05) is 25.1 Å². The lowest BCUT2D eigenvalue weighted by Crippen LogP contribution is -2.34. The molecule has 5 rings (SSSR count). The SMILES string of the molecule is C#CCNC(=O)n1c(C)cc2cc(Oc3ccnc4cc(C(=O)N5CCCC5O)sc34)ccc21. The van der Waals surface area contributed by atoms with Gasteiger partial charge in [-0.3, -0.25) is 14.3 Å². The van der Waals surface area contributed by atoms with E-state index in [1.54, 1.807) is 29.0 Å². The predicted molar refractivity (Wildman–Crippen MR) is 130 cm³/mol. The molecule has 1 unspecified atom stereocenters. The van der Waals surface area contributed by atoms with Crippen molar-refractivity contribution in [3.05, 3.63) is 53.2 Å². The number of benzene rings is 1.